The molecule has 1 unspecified atom stereocenters. The summed E-state index contributed by atoms with van der Waals surface area (Å²) >= 11 is 0. The molecule has 0 heterocycles. The predicted molar refractivity (Wildman–Crippen MR) is 65.5 cm³/mol. The van der Waals surface area contributed by atoms with E-state index in [1.54, 1.807) is 19.2 Å². The Kier molecular flexibility index (Phi) is 5.29. The van der Waals surface area contributed by atoms with E-state index in [0.29, 0.717) is 11.8 Å². The molecule has 16 heavy (non-hydrogen) atoms. The first-order chi connectivity index (χ1) is 7.67. The molecule has 1 aromatic carbocycles. The van der Waals surface area contributed by atoms with Gasteiger partial charge in [-0.05, 0) is 31.2 Å². The number of hydrogen-bond donors (Lipinski definition) is 1. The fourth-order valence-corrected chi connectivity index (χ4v) is 1.76. The summed E-state index contributed by atoms with van der Waals surface area (Å²) in [6.45, 7) is 6.93. The van der Waals surface area contributed by atoms with Gasteiger partial charge in [0, 0.05) is 19.7 Å². The lowest BCUT2D eigenvalue weighted by molar-refractivity contribution is 0.0982. The third-order valence-electron chi connectivity index (χ3n) is 2.76. The van der Waals surface area contributed by atoms with Gasteiger partial charge in [0.1, 0.15) is 5.75 Å². The first kappa shape index (κ1) is 13.0. The number of aromatic hydroxyl groups is 1. The molecule has 0 aliphatic rings. The van der Waals surface area contributed by atoms with Crippen LogP contribution in [0.5, 0.6) is 5.75 Å². The number of rotatable bonds is 6. The van der Waals surface area contributed by atoms with Crippen LogP contribution in [0.2, 0.25) is 0 Å². The van der Waals surface area contributed by atoms with Crippen LogP contribution in [0.1, 0.15) is 19.4 Å². The normalized spacial score (nSPS) is 13.0. The molecule has 1 rings (SSSR count). The molecule has 0 aromatic heterocycles. The number of likely N-dealkylation sites (N-methyl/N-ethyl adjacent to an activating group) is 1. The average molecular weight is 223 g/mol. The van der Waals surface area contributed by atoms with Gasteiger partial charge in [-0.15, -0.1) is 0 Å². The highest BCUT2D eigenvalue weighted by molar-refractivity contribution is 5.25. The molecule has 0 aliphatic carbocycles. The van der Waals surface area contributed by atoms with Crippen LogP contribution in [-0.2, 0) is 11.3 Å². The van der Waals surface area contributed by atoms with Crippen molar-refractivity contribution in [2.24, 2.45) is 0 Å². The lowest BCUT2D eigenvalue weighted by Crippen LogP contribution is -2.35. The number of benzene rings is 1. The van der Waals surface area contributed by atoms with E-state index >= 15 is 0 Å². The zero-order valence-corrected chi connectivity index (χ0v) is 10.3. The molecule has 0 fully saturated rings. The Morgan fingerprint density at radius 1 is 1.31 bits per heavy atom. The number of nitrogens with zero attached hydrogens (tertiary/aromatic N) is 1. The van der Waals surface area contributed by atoms with Crippen molar-refractivity contribution < 1.29 is 9.84 Å². The summed E-state index contributed by atoms with van der Waals surface area (Å²) in [5.41, 5.74) is 1.21. The van der Waals surface area contributed by atoms with Crippen molar-refractivity contribution >= 4 is 0 Å². The summed E-state index contributed by atoms with van der Waals surface area (Å²) < 4.78 is 5.16. The minimum atomic E-state index is 0.316. The highest BCUT2D eigenvalue weighted by Gasteiger charge is 2.11. The van der Waals surface area contributed by atoms with Gasteiger partial charge in [-0.25, -0.2) is 0 Å². The van der Waals surface area contributed by atoms with Crippen LogP contribution >= 0.6 is 0 Å². The van der Waals surface area contributed by atoms with Gasteiger partial charge in [-0.1, -0.05) is 19.1 Å². The maximum absolute atomic E-state index is 9.21. The predicted octanol–water partition coefficient (Wildman–Crippen LogP) is 2.25. The van der Waals surface area contributed by atoms with Crippen molar-refractivity contribution in [2.45, 2.75) is 26.4 Å². The second-order valence-electron chi connectivity index (χ2n) is 4.03. The minimum absolute atomic E-state index is 0.316. The van der Waals surface area contributed by atoms with Gasteiger partial charge < -0.3 is 9.84 Å². The Morgan fingerprint density at radius 3 is 2.44 bits per heavy atom. The molecule has 0 aliphatic heterocycles. The van der Waals surface area contributed by atoms with Gasteiger partial charge >= 0.3 is 0 Å². The Labute approximate surface area is 97.7 Å². The molecule has 0 radical (unpaired) electrons. The fraction of sp³-hybridized carbons (Fsp3) is 0.538. The largest absolute Gasteiger partial charge is 0.508 e. The van der Waals surface area contributed by atoms with Gasteiger partial charge in [0.15, 0.2) is 0 Å². The zero-order chi connectivity index (χ0) is 12.0. The maximum Gasteiger partial charge on any atom is 0.115 e. The van der Waals surface area contributed by atoms with Gasteiger partial charge in [0.2, 0.25) is 0 Å². The van der Waals surface area contributed by atoms with E-state index in [-0.39, 0.29) is 0 Å². The lowest BCUT2D eigenvalue weighted by Gasteiger charge is -2.27. The molecule has 0 saturated carbocycles. The van der Waals surface area contributed by atoms with Gasteiger partial charge in [-0.2, -0.15) is 0 Å². The second-order valence-corrected chi connectivity index (χ2v) is 4.03. The molecule has 0 amide bonds. The Hall–Kier alpha value is -1.06. The minimum Gasteiger partial charge on any atom is -0.508 e. The van der Waals surface area contributed by atoms with Crippen LogP contribution in [-0.4, -0.2) is 36.3 Å². The Morgan fingerprint density at radius 2 is 1.94 bits per heavy atom. The number of methoxy groups -OCH3 is 1. The number of ether oxygens (including phenoxy) is 1. The molecule has 1 N–H and O–H groups in total. The van der Waals surface area contributed by atoms with Crippen LogP contribution in [0.15, 0.2) is 24.3 Å². The molecule has 90 valence electrons. The molecule has 1 atom stereocenters. The van der Waals surface area contributed by atoms with Crippen LogP contribution in [0.3, 0.4) is 0 Å². The number of phenolic OH excluding ortho intramolecular Hbond substituents is 1. The quantitative estimate of drug-likeness (QED) is 0.803. The molecule has 1 aromatic rings. The number of phenols is 1. The Balaban J connectivity index is 2.59. The third kappa shape index (κ3) is 3.83. The van der Waals surface area contributed by atoms with Crippen molar-refractivity contribution in [3.05, 3.63) is 29.8 Å². The highest BCUT2D eigenvalue weighted by Crippen LogP contribution is 2.13. The maximum atomic E-state index is 9.21. The first-order valence-electron chi connectivity index (χ1n) is 5.68. The van der Waals surface area contributed by atoms with E-state index in [4.69, 9.17) is 4.74 Å². The zero-order valence-electron chi connectivity index (χ0n) is 10.3. The van der Waals surface area contributed by atoms with Crippen molar-refractivity contribution in [1.29, 1.82) is 0 Å². The molecule has 0 saturated heterocycles. The fourth-order valence-electron chi connectivity index (χ4n) is 1.76. The highest BCUT2D eigenvalue weighted by atomic mass is 16.5. The summed E-state index contributed by atoms with van der Waals surface area (Å²) in [4.78, 5) is 2.34. The third-order valence-corrected chi connectivity index (χ3v) is 2.76. The van der Waals surface area contributed by atoms with Gasteiger partial charge in [-0.3, -0.25) is 4.90 Å². The van der Waals surface area contributed by atoms with Crippen molar-refractivity contribution in [1.82, 2.24) is 4.90 Å². The molecule has 0 spiro atoms. The standard InChI is InChI=1S/C13H21NO2/c1-4-14(11(2)10-16-3)9-12-5-7-13(15)8-6-12/h5-8,11,15H,4,9-10H2,1-3H3. The van der Waals surface area contributed by atoms with Gasteiger partial charge in [0.05, 0.1) is 6.61 Å². The molecule has 3 heteroatoms. The SMILES string of the molecule is CCN(Cc1ccc(O)cc1)C(C)COC. The van der Waals surface area contributed by atoms with Crippen LogP contribution in [0.25, 0.3) is 0 Å². The van der Waals surface area contributed by atoms with Crippen molar-refractivity contribution in [3.8, 4) is 5.75 Å². The van der Waals surface area contributed by atoms with E-state index in [2.05, 4.69) is 18.7 Å². The monoisotopic (exact) mass is 223 g/mol. The van der Waals surface area contributed by atoms with E-state index < -0.39 is 0 Å². The summed E-state index contributed by atoms with van der Waals surface area (Å²) in [6, 6.07) is 7.77. The molecule has 3 nitrogen and oxygen atoms in total. The van der Waals surface area contributed by atoms with Crippen LogP contribution in [0, 0.1) is 0 Å². The Bertz CT molecular complexity index is 297. The van der Waals surface area contributed by atoms with Gasteiger partial charge in [0.25, 0.3) is 0 Å². The summed E-state index contributed by atoms with van der Waals surface area (Å²) in [6.07, 6.45) is 0. The smallest absolute Gasteiger partial charge is 0.115 e. The second kappa shape index (κ2) is 6.51. The van der Waals surface area contributed by atoms with E-state index in [1.807, 2.05) is 12.1 Å². The summed E-state index contributed by atoms with van der Waals surface area (Å²) in [7, 11) is 1.73. The van der Waals surface area contributed by atoms with Crippen molar-refractivity contribution in [3.63, 3.8) is 0 Å². The van der Waals surface area contributed by atoms with E-state index in [9.17, 15) is 5.11 Å². The van der Waals surface area contributed by atoms with E-state index in [0.717, 1.165) is 19.7 Å². The average Bonchev–Trinajstić information content (AvgIpc) is 2.28. The summed E-state index contributed by atoms with van der Waals surface area (Å²) in [5.74, 6) is 0.316. The number of hydrogen-bond acceptors (Lipinski definition) is 3. The molecule has 0 bridgehead atoms. The first-order valence-corrected chi connectivity index (χ1v) is 5.68. The van der Waals surface area contributed by atoms with Crippen LogP contribution in [0.4, 0.5) is 0 Å². The lowest BCUT2D eigenvalue weighted by atomic mass is 10.2. The topological polar surface area (TPSA) is 32.7 Å². The van der Waals surface area contributed by atoms with Crippen LogP contribution < -0.4 is 0 Å². The van der Waals surface area contributed by atoms with Crippen molar-refractivity contribution in [2.75, 3.05) is 20.3 Å². The molecular weight excluding hydrogens is 202 g/mol. The summed E-state index contributed by atoms with van der Waals surface area (Å²) in [5, 5.41) is 9.21. The molecular formula is C13H21NO2. The van der Waals surface area contributed by atoms with E-state index in [1.165, 1.54) is 5.56 Å².